The number of hydrogen-bond donors (Lipinski definition) is 1. The number of fused-ring (bicyclic) bond motifs is 2. The Hall–Kier alpha value is -2.43. The molecule has 1 aromatic carbocycles. The number of para-hydroxylation sites is 1. The summed E-state index contributed by atoms with van der Waals surface area (Å²) in [5.41, 5.74) is 3.57. The molecule has 1 heterocycles. The van der Waals surface area contributed by atoms with Crippen LogP contribution >= 0.6 is 0 Å². The number of nitrogens with one attached hydrogen (secondary N) is 1. The minimum absolute atomic E-state index is 0.00718. The first-order chi connectivity index (χ1) is 13.7. The zero-order valence-corrected chi connectivity index (χ0v) is 18.2. The standard InChI is InChI=1S/C24H32N2O3/c1-6-24(4,5)16-11-12-20-18(13-16)22(17-9-7-8-10-19(17)26-20)23(28)29-14-21(27)25-15(2)3/h7-10,15-16H,6,11-14H2,1-5H3,(H,25,27)/t16-/m1/s1. The Kier molecular flexibility index (Phi) is 6.25. The van der Waals surface area contributed by atoms with Crippen LogP contribution in [0, 0.1) is 11.3 Å². The molecular weight excluding hydrogens is 364 g/mol. The van der Waals surface area contributed by atoms with Gasteiger partial charge >= 0.3 is 5.97 Å². The normalized spacial score (nSPS) is 16.6. The van der Waals surface area contributed by atoms with E-state index in [1.807, 2.05) is 38.1 Å². The third-order valence-corrected chi connectivity index (χ3v) is 6.26. The van der Waals surface area contributed by atoms with Gasteiger partial charge in [-0.25, -0.2) is 4.79 Å². The molecule has 3 rings (SSSR count). The summed E-state index contributed by atoms with van der Waals surface area (Å²) < 4.78 is 5.43. The van der Waals surface area contributed by atoms with E-state index in [4.69, 9.17) is 9.72 Å². The van der Waals surface area contributed by atoms with Crippen LogP contribution in [0.3, 0.4) is 0 Å². The lowest BCUT2D eigenvalue weighted by atomic mass is 9.68. The fourth-order valence-electron chi connectivity index (χ4n) is 4.14. The molecule has 1 aromatic heterocycles. The van der Waals surface area contributed by atoms with E-state index >= 15 is 0 Å². The molecule has 0 fully saturated rings. The lowest BCUT2D eigenvalue weighted by Gasteiger charge is -2.37. The van der Waals surface area contributed by atoms with Gasteiger partial charge in [0.1, 0.15) is 0 Å². The van der Waals surface area contributed by atoms with Gasteiger partial charge in [-0.1, -0.05) is 45.4 Å². The van der Waals surface area contributed by atoms with Gasteiger partial charge in [-0.3, -0.25) is 9.78 Å². The summed E-state index contributed by atoms with van der Waals surface area (Å²) >= 11 is 0. The molecule has 1 amide bonds. The first-order valence-electron chi connectivity index (χ1n) is 10.6. The molecule has 5 heteroatoms. The third kappa shape index (κ3) is 4.60. The maximum absolute atomic E-state index is 13.1. The van der Waals surface area contributed by atoms with Crippen molar-refractivity contribution in [1.29, 1.82) is 0 Å². The number of carbonyl (C=O) groups excluding carboxylic acids is 2. The fraction of sp³-hybridized carbons (Fsp3) is 0.542. The molecule has 156 valence electrons. The molecule has 0 unspecified atom stereocenters. The van der Waals surface area contributed by atoms with Gasteiger partial charge in [-0.2, -0.15) is 0 Å². The number of rotatable bonds is 6. The number of amides is 1. The number of esters is 1. The quantitative estimate of drug-likeness (QED) is 0.732. The van der Waals surface area contributed by atoms with Crippen LogP contribution < -0.4 is 5.32 Å². The highest BCUT2D eigenvalue weighted by Gasteiger charge is 2.34. The SMILES string of the molecule is CCC(C)(C)[C@@H]1CCc2nc3ccccc3c(C(=O)OCC(=O)NC(C)C)c2C1. The van der Waals surface area contributed by atoms with Crippen LogP contribution in [-0.2, 0) is 22.4 Å². The van der Waals surface area contributed by atoms with Crippen molar-refractivity contribution in [2.75, 3.05) is 6.61 Å². The van der Waals surface area contributed by atoms with Crippen LogP contribution in [0.15, 0.2) is 24.3 Å². The van der Waals surface area contributed by atoms with E-state index in [1.165, 1.54) is 0 Å². The second kappa shape index (κ2) is 8.52. The van der Waals surface area contributed by atoms with Gasteiger partial charge in [0.05, 0.1) is 11.1 Å². The van der Waals surface area contributed by atoms with E-state index in [9.17, 15) is 9.59 Å². The molecule has 1 N–H and O–H groups in total. The van der Waals surface area contributed by atoms with Crippen LogP contribution in [0.1, 0.15) is 69.1 Å². The highest BCUT2D eigenvalue weighted by atomic mass is 16.5. The molecular formula is C24H32N2O3. The first kappa shape index (κ1) is 21.3. The van der Waals surface area contributed by atoms with Gasteiger partial charge in [0, 0.05) is 17.1 Å². The van der Waals surface area contributed by atoms with Crippen molar-refractivity contribution < 1.29 is 14.3 Å². The van der Waals surface area contributed by atoms with Crippen LogP contribution in [0.25, 0.3) is 10.9 Å². The largest absolute Gasteiger partial charge is 0.452 e. The Labute approximate surface area is 173 Å². The number of pyridine rings is 1. The number of benzene rings is 1. The molecule has 1 aliphatic carbocycles. The van der Waals surface area contributed by atoms with Crippen molar-refractivity contribution in [1.82, 2.24) is 10.3 Å². The van der Waals surface area contributed by atoms with Crippen molar-refractivity contribution in [2.45, 2.75) is 66.3 Å². The van der Waals surface area contributed by atoms with E-state index < -0.39 is 5.97 Å². The summed E-state index contributed by atoms with van der Waals surface area (Å²) in [6.45, 7) is 10.3. The predicted molar refractivity (Wildman–Crippen MR) is 115 cm³/mol. The topological polar surface area (TPSA) is 68.3 Å². The molecule has 0 aliphatic heterocycles. The lowest BCUT2D eigenvalue weighted by molar-refractivity contribution is -0.124. The Balaban J connectivity index is 1.98. The van der Waals surface area contributed by atoms with Crippen molar-refractivity contribution >= 4 is 22.8 Å². The fourth-order valence-corrected chi connectivity index (χ4v) is 4.14. The second-order valence-electron chi connectivity index (χ2n) is 9.01. The average Bonchev–Trinajstić information content (AvgIpc) is 2.69. The van der Waals surface area contributed by atoms with Gasteiger partial charge in [0.15, 0.2) is 6.61 Å². The monoisotopic (exact) mass is 396 g/mol. The van der Waals surface area contributed by atoms with E-state index in [0.717, 1.165) is 47.8 Å². The van der Waals surface area contributed by atoms with E-state index in [-0.39, 0.29) is 24.0 Å². The number of carbonyl (C=O) groups is 2. The van der Waals surface area contributed by atoms with Gasteiger partial charge in [0.2, 0.25) is 0 Å². The van der Waals surface area contributed by atoms with Crippen LogP contribution in [0.2, 0.25) is 0 Å². The molecule has 1 aliphatic rings. The molecule has 0 bridgehead atoms. The van der Waals surface area contributed by atoms with Crippen molar-refractivity contribution in [3.8, 4) is 0 Å². The van der Waals surface area contributed by atoms with Crippen LogP contribution in [0.5, 0.6) is 0 Å². The maximum Gasteiger partial charge on any atom is 0.339 e. The smallest absolute Gasteiger partial charge is 0.339 e. The molecule has 0 saturated carbocycles. The zero-order valence-electron chi connectivity index (χ0n) is 18.2. The highest BCUT2D eigenvalue weighted by molar-refractivity contribution is 6.05. The van der Waals surface area contributed by atoms with Crippen molar-refractivity contribution in [2.24, 2.45) is 11.3 Å². The van der Waals surface area contributed by atoms with E-state index in [0.29, 0.717) is 11.5 Å². The van der Waals surface area contributed by atoms with Gasteiger partial charge in [0.25, 0.3) is 5.91 Å². The summed E-state index contributed by atoms with van der Waals surface area (Å²) in [6.07, 6.45) is 3.84. The Morgan fingerprint density at radius 2 is 2.00 bits per heavy atom. The molecule has 0 saturated heterocycles. The van der Waals surface area contributed by atoms with Crippen LogP contribution in [-0.4, -0.2) is 29.5 Å². The summed E-state index contributed by atoms with van der Waals surface area (Å²) in [4.78, 5) is 29.9. The number of aromatic nitrogens is 1. The highest BCUT2D eigenvalue weighted by Crippen LogP contribution is 2.41. The molecule has 2 aromatic rings. The van der Waals surface area contributed by atoms with Gasteiger partial charge in [-0.15, -0.1) is 0 Å². The number of ether oxygens (including phenoxy) is 1. The minimum atomic E-state index is -0.436. The molecule has 1 atom stereocenters. The van der Waals surface area contributed by atoms with Crippen LogP contribution in [0.4, 0.5) is 0 Å². The predicted octanol–water partition coefficient (Wildman–Crippen LogP) is 4.46. The van der Waals surface area contributed by atoms with E-state index in [2.05, 4.69) is 26.1 Å². The molecule has 0 spiro atoms. The van der Waals surface area contributed by atoms with Crippen molar-refractivity contribution in [3.63, 3.8) is 0 Å². The maximum atomic E-state index is 13.1. The summed E-state index contributed by atoms with van der Waals surface area (Å²) in [7, 11) is 0. The third-order valence-electron chi connectivity index (χ3n) is 6.26. The molecule has 0 radical (unpaired) electrons. The first-order valence-corrected chi connectivity index (χ1v) is 10.6. The van der Waals surface area contributed by atoms with Gasteiger partial charge < -0.3 is 10.1 Å². The number of nitrogens with zero attached hydrogens (tertiary/aromatic N) is 1. The zero-order chi connectivity index (χ0) is 21.2. The Morgan fingerprint density at radius 3 is 2.69 bits per heavy atom. The Bertz CT molecular complexity index is 918. The summed E-state index contributed by atoms with van der Waals surface area (Å²) in [5, 5.41) is 3.56. The van der Waals surface area contributed by atoms with Crippen molar-refractivity contribution in [3.05, 3.63) is 41.1 Å². The second-order valence-corrected chi connectivity index (χ2v) is 9.01. The van der Waals surface area contributed by atoms with Gasteiger partial charge in [-0.05, 0) is 56.1 Å². The number of aryl methyl sites for hydroxylation is 1. The molecule has 5 nitrogen and oxygen atoms in total. The van der Waals surface area contributed by atoms with E-state index in [1.54, 1.807) is 0 Å². The summed E-state index contributed by atoms with van der Waals surface area (Å²) in [5.74, 6) is -0.238. The Morgan fingerprint density at radius 1 is 1.28 bits per heavy atom. The minimum Gasteiger partial charge on any atom is -0.452 e. The summed E-state index contributed by atoms with van der Waals surface area (Å²) in [6, 6.07) is 7.70. The molecule has 29 heavy (non-hydrogen) atoms. The average molecular weight is 397 g/mol. The lowest BCUT2D eigenvalue weighted by Crippen LogP contribution is -2.34. The number of hydrogen-bond acceptors (Lipinski definition) is 4.